The molecule has 1 aliphatic heterocycles. The third kappa shape index (κ3) is 10.7. The molecule has 8 heteroatoms. The van der Waals surface area contributed by atoms with Gasteiger partial charge >= 0.3 is 0 Å². The maximum atomic E-state index is 11.6. The van der Waals surface area contributed by atoms with E-state index in [1.807, 2.05) is 6.92 Å². The average molecular weight is 442 g/mol. The van der Waals surface area contributed by atoms with E-state index in [0.29, 0.717) is 12.5 Å². The van der Waals surface area contributed by atoms with E-state index in [2.05, 4.69) is 15.6 Å². The van der Waals surface area contributed by atoms with Gasteiger partial charge in [-0.1, -0.05) is 0 Å². The normalized spacial score (nSPS) is 17.5. The van der Waals surface area contributed by atoms with E-state index < -0.39 is 0 Å². The van der Waals surface area contributed by atoms with Crippen LogP contribution in [-0.4, -0.2) is 76.4 Å². The van der Waals surface area contributed by atoms with Crippen LogP contribution < -0.4 is 10.6 Å². The van der Waals surface area contributed by atoms with Crippen molar-refractivity contribution in [1.29, 1.82) is 0 Å². The molecule has 0 radical (unpaired) electrons. The molecule has 1 unspecified atom stereocenters. The van der Waals surface area contributed by atoms with Crippen molar-refractivity contribution in [2.24, 2.45) is 4.99 Å². The summed E-state index contributed by atoms with van der Waals surface area (Å²) in [6.45, 7) is 5.88. The fourth-order valence-electron chi connectivity index (χ4n) is 2.00. The summed E-state index contributed by atoms with van der Waals surface area (Å²) in [5.41, 5.74) is 0. The fourth-order valence-corrected chi connectivity index (χ4v) is 2.00. The van der Waals surface area contributed by atoms with Gasteiger partial charge in [-0.15, -0.1) is 24.0 Å². The molecule has 2 N–H and O–H groups in total. The molecule has 136 valence electrons. The number of guanidine groups is 1. The molecular weight excluding hydrogens is 411 g/mol. The first kappa shape index (κ1) is 22.4. The molecular formula is C15H31IN4O3. The van der Waals surface area contributed by atoms with E-state index in [4.69, 9.17) is 9.47 Å². The average Bonchev–Trinajstić information content (AvgIpc) is 3.01. The number of likely N-dealkylation sites (N-methyl/N-ethyl adjacent to an activating group) is 1. The third-order valence-corrected chi connectivity index (χ3v) is 3.35. The van der Waals surface area contributed by atoms with Gasteiger partial charge in [0.15, 0.2) is 5.96 Å². The van der Waals surface area contributed by atoms with Gasteiger partial charge < -0.3 is 25.0 Å². The minimum Gasteiger partial charge on any atom is -0.382 e. The number of hydrogen-bond acceptors (Lipinski definition) is 4. The molecule has 1 saturated heterocycles. The summed E-state index contributed by atoms with van der Waals surface area (Å²) in [7, 11) is 3.46. The Morgan fingerprint density at radius 1 is 1.39 bits per heavy atom. The Morgan fingerprint density at radius 3 is 2.78 bits per heavy atom. The van der Waals surface area contributed by atoms with E-state index in [9.17, 15) is 4.79 Å². The van der Waals surface area contributed by atoms with E-state index in [1.54, 1.807) is 14.1 Å². The quantitative estimate of drug-likeness (QED) is 0.240. The highest BCUT2D eigenvalue weighted by Gasteiger charge is 2.15. The molecule has 1 atom stereocenters. The number of hydrogen-bond donors (Lipinski definition) is 2. The van der Waals surface area contributed by atoms with Gasteiger partial charge in [-0.2, -0.15) is 0 Å². The fraction of sp³-hybridized carbons (Fsp3) is 0.867. The molecule has 23 heavy (non-hydrogen) atoms. The summed E-state index contributed by atoms with van der Waals surface area (Å²) in [4.78, 5) is 17.5. The molecule has 0 spiro atoms. The van der Waals surface area contributed by atoms with E-state index in [0.717, 1.165) is 45.6 Å². The minimum atomic E-state index is -0.0208. The van der Waals surface area contributed by atoms with E-state index in [-0.39, 0.29) is 42.5 Å². The standard InChI is InChI=1S/C15H30N4O3.HI/c1-4-21-9-6-8-16-15(18-12-14(20)19(2)3)17-11-13-7-5-10-22-13;/h13H,4-12H2,1-3H3,(H2,16,17,18);1H. The smallest absolute Gasteiger partial charge is 0.243 e. The van der Waals surface area contributed by atoms with Crippen LogP contribution >= 0.6 is 24.0 Å². The van der Waals surface area contributed by atoms with Crippen molar-refractivity contribution in [1.82, 2.24) is 15.5 Å². The lowest BCUT2D eigenvalue weighted by molar-refractivity contribution is -0.127. The van der Waals surface area contributed by atoms with Crippen molar-refractivity contribution in [3.63, 3.8) is 0 Å². The Morgan fingerprint density at radius 2 is 2.17 bits per heavy atom. The Hall–Kier alpha value is -0.610. The SMILES string of the molecule is CCOCCCNC(=NCC(=O)N(C)C)NCC1CCCO1.I. The van der Waals surface area contributed by atoms with Crippen molar-refractivity contribution in [3.05, 3.63) is 0 Å². The van der Waals surface area contributed by atoms with Crippen LogP contribution in [0.2, 0.25) is 0 Å². The lowest BCUT2D eigenvalue weighted by Gasteiger charge is -2.16. The topological polar surface area (TPSA) is 75.2 Å². The van der Waals surface area contributed by atoms with Crippen LogP contribution in [0.25, 0.3) is 0 Å². The second kappa shape index (κ2) is 13.8. The predicted octanol–water partition coefficient (Wildman–Crippen LogP) is 0.833. The molecule has 1 fully saturated rings. The second-order valence-corrected chi connectivity index (χ2v) is 5.45. The third-order valence-electron chi connectivity index (χ3n) is 3.35. The summed E-state index contributed by atoms with van der Waals surface area (Å²) < 4.78 is 10.9. The van der Waals surface area contributed by atoms with Crippen LogP contribution in [0.1, 0.15) is 26.2 Å². The van der Waals surface area contributed by atoms with Crippen molar-refractivity contribution >= 4 is 35.8 Å². The molecule has 0 aliphatic carbocycles. The molecule has 1 aliphatic rings. The van der Waals surface area contributed by atoms with Gasteiger partial charge in [-0.3, -0.25) is 4.79 Å². The minimum absolute atomic E-state index is 0. The van der Waals surface area contributed by atoms with Crippen LogP contribution in [0.4, 0.5) is 0 Å². The number of carbonyl (C=O) groups excluding carboxylic acids is 1. The number of ether oxygens (including phenoxy) is 2. The molecule has 0 aromatic carbocycles. The van der Waals surface area contributed by atoms with Crippen molar-refractivity contribution < 1.29 is 14.3 Å². The molecule has 1 amide bonds. The summed E-state index contributed by atoms with van der Waals surface area (Å²) in [6.07, 6.45) is 3.32. The summed E-state index contributed by atoms with van der Waals surface area (Å²) >= 11 is 0. The van der Waals surface area contributed by atoms with Crippen LogP contribution in [0.3, 0.4) is 0 Å². The molecule has 0 bridgehead atoms. The van der Waals surface area contributed by atoms with E-state index in [1.165, 1.54) is 4.90 Å². The molecule has 0 saturated carbocycles. The number of carbonyl (C=O) groups is 1. The molecule has 7 nitrogen and oxygen atoms in total. The van der Waals surface area contributed by atoms with Crippen molar-refractivity contribution in [2.75, 3.05) is 53.6 Å². The molecule has 1 heterocycles. The van der Waals surface area contributed by atoms with Crippen LogP contribution in [0.5, 0.6) is 0 Å². The molecule has 0 aromatic heterocycles. The predicted molar refractivity (Wildman–Crippen MR) is 103 cm³/mol. The highest BCUT2D eigenvalue weighted by atomic mass is 127. The highest BCUT2D eigenvalue weighted by Crippen LogP contribution is 2.10. The van der Waals surface area contributed by atoms with Gasteiger partial charge in [0.25, 0.3) is 0 Å². The number of nitrogens with one attached hydrogen (secondary N) is 2. The zero-order chi connectivity index (χ0) is 16.2. The maximum absolute atomic E-state index is 11.6. The summed E-state index contributed by atoms with van der Waals surface area (Å²) in [5, 5.41) is 6.48. The number of nitrogens with zero attached hydrogens (tertiary/aromatic N) is 2. The lowest BCUT2D eigenvalue weighted by Crippen LogP contribution is -2.42. The van der Waals surface area contributed by atoms with E-state index >= 15 is 0 Å². The Kier molecular flexibility index (Phi) is 13.4. The summed E-state index contributed by atoms with van der Waals surface area (Å²) in [6, 6.07) is 0. The number of rotatable bonds is 9. The van der Waals surface area contributed by atoms with Gasteiger partial charge in [0.05, 0.1) is 6.10 Å². The lowest BCUT2D eigenvalue weighted by atomic mass is 10.2. The Labute approximate surface area is 156 Å². The summed E-state index contributed by atoms with van der Waals surface area (Å²) in [5.74, 6) is 0.634. The molecule has 1 rings (SSSR count). The van der Waals surface area contributed by atoms with Gasteiger partial charge in [0.2, 0.25) is 5.91 Å². The zero-order valence-corrected chi connectivity index (χ0v) is 16.8. The van der Waals surface area contributed by atoms with Crippen molar-refractivity contribution in [2.45, 2.75) is 32.3 Å². The van der Waals surface area contributed by atoms with Crippen LogP contribution in [0, 0.1) is 0 Å². The number of amides is 1. The van der Waals surface area contributed by atoms with Crippen molar-refractivity contribution in [3.8, 4) is 0 Å². The van der Waals surface area contributed by atoms with Gasteiger partial charge in [0.1, 0.15) is 6.54 Å². The van der Waals surface area contributed by atoms with Gasteiger partial charge in [-0.05, 0) is 26.2 Å². The zero-order valence-electron chi connectivity index (χ0n) is 14.5. The highest BCUT2D eigenvalue weighted by molar-refractivity contribution is 14.0. The Bertz CT molecular complexity index is 348. The van der Waals surface area contributed by atoms with Crippen LogP contribution in [0.15, 0.2) is 4.99 Å². The molecule has 0 aromatic rings. The van der Waals surface area contributed by atoms with Crippen LogP contribution in [-0.2, 0) is 14.3 Å². The first-order chi connectivity index (χ1) is 10.6. The Balaban J connectivity index is 0.00000484. The first-order valence-corrected chi connectivity index (χ1v) is 8.05. The number of halogens is 1. The maximum Gasteiger partial charge on any atom is 0.243 e. The monoisotopic (exact) mass is 442 g/mol. The number of aliphatic imine (C=N–C) groups is 1. The van der Waals surface area contributed by atoms with Gasteiger partial charge in [-0.25, -0.2) is 4.99 Å². The van der Waals surface area contributed by atoms with Gasteiger partial charge in [0, 0.05) is 47.0 Å². The largest absolute Gasteiger partial charge is 0.382 e. The second-order valence-electron chi connectivity index (χ2n) is 5.45. The first-order valence-electron chi connectivity index (χ1n) is 8.05.